The number of hydrogen-bond acceptors (Lipinski definition) is 5. The van der Waals surface area contributed by atoms with Gasteiger partial charge in [-0.25, -0.2) is 0 Å². The summed E-state index contributed by atoms with van der Waals surface area (Å²) in [5.74, 6) is 0.942. The molecule has 6 heteroatoms. The van der Waals surface area contributed by atoms with Crippen molar-refractivity contribution in [3.63, 3.8) is 0 Å². The Morgan fingerprint density at radius 1 is 1.37 bits per heavy atom. The van der Waals surface area contributed by atoms with E-state index >= 15 is 0 Å². The highest BCUT2D eigenvalue weighted by Crippen LogP contribution is 2.05. The Bertz CT molecular complexity index is 539. The molecule has 2 aromatic rings. The fourth-order valence-corrected chi connectivity index (χ4v) is 1.52. The minimum atomic E-state index is -0.354. The molecule has 1 heterocycles. The third kappa shape index (κ3) is 3.89. The van der Waals surface area contributed by atoms with Crippen LogP contribution in [0.5, 0.6) is 0 Å². The van der Waals surface area contributed by atoms with Crippen molar-refractivity contribution in [1.29, 1.82) is 0 Å². The van der Waals surface area contributed by atoms with Gasteiger partial charge in [-0.1, -0.05) is 23.4 Å². The van der Waals surface area contributed by atoms with Crippen LogP contribution in [0.3, 0.4) is 0 Å². The minimum Gasteiger partial charge on any atom is -0.338 e. The lowest BCUT2D eigenvalue weighted by molar-refractivity contribution is -0.117. The Morgan fingerprint density at radius 3 is 2.74 bits per heavy atom. The molecule has 2 rings (SSSR count). The van der Waals surface area contributed by atoms with Gasteiger partial charge in [-0.2, -0.15) is 4.98 Å². The fraction of sp³-hybridized carbons (Fsp3) is 0.308. The number of carbonyl (C=O) groups excluding carboxylic acids is 1. The summed E-state index contributed by atoms with van der Waals surface area (Å²) in [5.41, 5.74) is 0.773. The largest absolute Gasteiger partial charge is 0.338 e. The molecule has 1 aromatic carbocycles. The van der Waals surface area contributed by atoms with Crippen molar-refractivity contribution in [1.82, 2.24) is 15.5 Å². The smallest absolute Gasteiger partial charge is 0.241 e. The quantitative estimate of drug-likeness (QED) is 0.851. The van der Waals surface area contributed by atoms with E-state index in [9.17, 15) is 4.79 Å². The first-order chi connectivity index (χ1) is 9.15. The van der Waals surface area contributed by atoms with Gasteiger partial charge in [0.05, 0.1) is 12.6 Å². The number of carbonyl (C=O) groups is 1. The number of benzene rings is 1. The maximum absolute atomic E-state index is 11.9. The van der Waals surface area contributed by atoms with Crippen molar-refractivity contribution >= 4 is 11.6 Å². The van der Waals surface area contributed by atoms with E-state index < -0.39 is 0 Å². The zero-order valence-corrected chi connectivity index (χ0v) is 10.9. The Labute approximate surface area is 111 Å². The first-order valence-electron chi connectivity index (χ1n) is 6.03. The van der Waals surface area contributed by atoms with Crippen molar-refractivity contribution in [3.8, 4) is 0 Å². The van der Waals surface area contributed by atoms with Gasteiger partial charge in [-0.3, -0.25) is 10.1 Å². The Balaban J connectivity index is 1.82. The molecule has 19 heavy (non-hydrogen) atoms. The van der Waals surface area contributed by atoms with Crippen LogP contribution in [0.2, 0.25) is 0 Å². The maximum atomic E-state index is 11.9. The minimum absolute atomic E-state index is 0.109. The van der Waals surface area contributed by atoms with Gasteiger partial charge in [0.1, 0.15) is 0 Å². The average Bonchev–Trinajstić information content (AvgIpc) is 2.83. The number of rotatable bonds is 5. The van der Waals surface area contributed by atoms with Crippen LogP contribution in [0.1, 0.15) is 18.6 Å². The predicted octanol–water partition coefficient (Wildman–Crippen LogP) is 1.49. The van der Waals surface area contributed by atoms with Gasteiger partial charge in [-0.15, -0.1) is 0 Å². The van der Waals surface area contributed by atoms with E-state index in [1.54, 1.807) is 13.8 Å². The second-order valence-corrected chi connectivity index (χ2v) is 4.19. The van der Waals surface area contributed by atoms with Crippen LogP contribution in [-0.2, 0) is 11.3 Å². The van der Waals surface area contributed by atoms with Crippen molar-refractivity contribution in [2.24, 2.45) is 0 Å². The highest BCUT2D eigenvalue weighted by atomic mass is 16.5. The summed E-state index contributed by atoms with van der Waals surface area (Å²) in [4.78, 5) is 16.0. The van der Waals surface area contributed by atoms with Crippen LogP contribution in [0.4, 0.5) is 5.69 Å². The van der Waals surface area contributed by atoms with Crippen LogP contribution in [0, 0.1) is 6.92 Å². The first-order valence-corrected chi connectivity index (χ1v) is 6.03. The number of aryl methyl sites for hydroxylation is 1. The molecule has 0 saturated carbocycles. The molecule has 0 spiro atoms. The summed E-state index contributed by atoms with van der Waals surface area (Å²) in [7, 11) is 0. The molecule has 100 valence electrons. The molecular weight excluding hydrogens is 244 g/mol. The zero-order valence-electron chi connectivity index (χ0n) is 10.9. The van der Waals surface area contributed by atoms with E-state index in [-0.39, 0.29) is 11.9 Å². The number of anilines is 1. The van der Waals surface area contributed by atoms with Crippen LogP contribution in [0.15, 0.2) is 34.9 Å². The first kappa shape index (κ1) is 13.2. The summed E-state index contributed by atoms with van der Waals surface area (Å²) in [5, 5.41) is 9.52. The zero-order chi connectivity index (χ0) is 13.7. The van der Waals surface area contributed by atoms with E-state index in [0.717, 1.165) is 5.69 Å². The number of aromatic nitrogens is 2. The second-order valence-electron chi connectivity index (χ2n) is 4.19. The molecule has 0 radical (unpaired) electrons. The van der Waals surface area contributed by atoms with E-state index in [4.69, 9.17) is 4.52 Å². The van der Waals surface area contributed by atoms with Gasteiger partial charge in [-0.05, 0) is 26.0 Å². The molecule has 0 fully saturated rings. The Morgan fingerprint density at radius 2 is 2.11 bits per heavy atom. The number of nitrogens with zero attached hydrogens (tertiary/aromatic N) is 2. The third-order valence-electron chi connectivity index (χ3n) is 2.56. The molecule has 1 amide bonds. The highest BCUT2D eigenvalue weighted by molar-refractivity contribution is 5.94. The SMILES string of the molecule is Cc1noc(CNC(C)C(=O)Nc2ccccc2)n1. The van der Waals surface area contributed by atoms with Crippen molar-refractivity contribution in [2.75, 3.05) is 5.32 Å². The molecule has 0 aliphatic rings. The summed E-state index contributed by atoms with van der Waals surface area (Å²) in [6.07, 6.45) is 0. The predicted molar refractivity (Wildman–Crippen MR) is 70.4 cm³/mol. The third-order valence-corrected chi connectivity index (χ3v) is 2.56. The highest BCUT2D eigenvalue weighted by Gasteiger charge is 2.13. The average molecular weight is 260 g/mol. The van der Waals surface area contributed by atoms with E-state index in [0.29, 0.717) is 18.3 Å². The molecule has 0 saturated heterocycles. The van der Waals surface area contributed by atoms with Gasteiger partial charge < -0.3 is 9.84 Å². The maximum Gasteiger partial charge on any atom is 0.241 e. The van der Waals surface area contributed by atoms with Crippen molar-refractivity contribution in [2.45, 2.75) is 26.4 Å². The monoisotopic (exact) mass is 260 g/mol. The van der Waals surface area contributed by atoms with Crippen LogP contribution < -0.4 is 10.6 Å². The van der Waals surface area contributed by atoms with Crippen LogP contribution >= 0.6 is 0 Å². The number of para-hydroxylation sites is 1. The molecule has 0 bridgehead atoms. The van der Waals surface area contributed by atoms with Gasteiger partial charge >= 0.3 is 0 Å². The lowest BCUT2D eigenvalue weighted by atomic mass is 10.2. The normalized spacial score (nSPS) is 12.1. The Kier molecular flexibility index (Phi) is 4.25. The van der Waals surface area contributed by atoms with Gasteiger partial charge in [0, 0.05) is 5.69 Å². The van der Waals surface area contributed by atoms with Crippen molar-refractivity contribution < 1.29 is 9.32 Å². The molecule has 6 nitrogen and oxygen atoms in total. The molecular formula is C13H16N4O2. The molecule has 2 N–H and O–H groups in total. The molecule has 0 aliphatic carbocycles. The van der Waals surface area contributed by atoms with Crippen molar-refractivity contribution in [3.05, 3.63) is 42.0 Å². The van der Waals surface area contributed by atoms with Gasteiger partial charge in [0.25, 0.3) is 0 Å². The number of hydrogen-bond donors (Lipinski definition) is 2. The van der Waals surface area contributed by atoms with E-state index in [1.807, 2.05) is 30.3 Å². The molecule has 1 unspecified atom stereocenters. The second kappa shape index (κ2) is 6.10. The molecule has 1 aromatic heterocycles. The van der Waals surface area contributed by atoms with E-state index in [1.165, 1.54) is 0 Å². The molecule has 0 aliphatic heterocycles. The van der Waals surface area contributed by atoms with Crippen LogP contribution in [-0.4, -0.2) is 22.1 Å². The summed E-state index contributed by atoms with van der Waals surface area (Å²) in [6, 6.07) is 8.96. The fourth-order valence-electron chi connectivity index (χ4n) is 1.52. The van der Waals surface area contributed by atoms with Gasteiger partial charge in [0.15, 0.2) is 5.82 Å². The molecule has 1 atom stereocenters. The number of nitrogens with one attached hydrogen (secondary N) is 2. The van der Waals surface area contributed by atoms with E-state index in [2.05, 4.69) is 20.8 Å². The lowest BCUT2D eigenvalue weighted by Gasteiger charge is -2.12. The Hall–Kier alpha value is -2.21. The number of amides is 1. The summed E-state index contributed by atoms with van der Waals surface area (Å²) in [6.45, 7) is 3.89. The standard InChI is InChI=1S/C13H16N4O2/c1-9(14-8-12-15-10(2)17-19-12)13(18)16-11-6-4-3-5-7-11/h3-7,9,14H,8H2,1-2H3,(H,16,18). The summed E-state index contributed by atoms with van der Waals surface area (Å²) < 4.78 is 4.96. The van der Waals surface area contributed by atoms with Gasteiger partial charge in [0.2, 0.25) is 11.8 Å². The lowest BCUT2D eigenvalue weighted by Crippen LogP contribution is -2.37. The summed E-state index contributed by atoms with van der Waals surface area (Å²) >= 11 is 0. The topological polar surface area (TPSA) is 80.0 Å². The van der Waals surface area contributed by atoms with Crippen LogP contribution in [0.25, 0.3) is 0 Å².